The molecule has 1 aliphatic rings. The zero-order valence-corrected chi connectivity index (χ0v) is 7.92. The molecule has 0 aliphatic carbocycles. The first-order valence-corrected chi connectivity index (χ1v) is 4.26. The zero-order valence-electron chi connectivity index (χ0n) is 7.92. The van der Waals surface area contributed by atoms with Crippen molar-refractivity contribution in [2.75, 3.05) is 20.3 Å². The van der Waals surface area contributed by atoms with Gasteiger partial charge in [0.2, 0.25) is 0 Å². The quantitative estimate of drug-likeness (QED) is 0.556. The zero-order chi connectivity index (χ0) is 10.6. The Kier molecular flexibility index (Phi) is 4.32. The van der Waals surface area contributed by atoms with Gasteiger partial charge in [0.15, 0.2) is 6.29 Å². The summed E-state index contributed by atoms with van der Waals surface area (Å²) in [4.78, 5) is 0. The van der Waals surface area contributed by atoms with Crippen LogP contribution in [0.2, 0.25) is 0 Å². The predicted molar refractivity (Wildman–Crippen MR) is 47.3 cm³/mol. The number of terminal acetylenes is 1. The monoisotopic (exact) mass is 202 g/mol. The number of rotatable bonds is 4. The third-order valence-corrected chi connectivity index (χ3v) is 2.07. The lowest BCUT2D eigenvalue weighted by atomic mass is 10.1. The maximum Gasteiger partial charge on any atom is 0.186 e. The van der Waals surface area contributed by atoms with Crippen LogP contribution in [0.5, 0.6) is 0 Å². The van der Waals surface area contributed by atoms with Crippen LogP contribution in [0.4, 0.5) is 0 Å². The second-order valence-corrected chi connectivity index (χ2v) is 2.93. The van der Waals surface area contributed by atoms with Crippen LogP contribution in [0, 0.1) is 12.3 Å². The number of ether oxygens (including phenoxy) is 3. The molecule has 14 heavy (non-hydrogen) atoms. The number of methoxy groups -OCH3 is 1. The van der Waals surface area contributed by atoms with Gasteiger partial charge in [0.05, 0.1) is 6.61 Å². The fourth-order valence-corrected chi connectivity index (χ4v) is 1.36. The van der Waals surface area contributed by atoms with Crippen molar-refractivity contribution in [2.24, 2.45) is 0 Å². The van der Waals surface area contributed by atoms with E-state index in [4.69, 9.17) is 25.7 Å². The van der Waals surface area contributed by atoms with Gasteiger partial charge in [-0.3, -0.25) is 0 Å². The molecular weight excluding hydrogens is 188 g/mol. The smallest absolute Gasteiger partial charge is 0.186 e. The van der Waals surface area contributed by atoms with Crippen LogP contribution in [0.3, 0.4) is 0 Å². The first kappa shape index (κ1) is 11.4. The Balaban J connectivity index is 2.56. The lowest BCUT2D eigenvalue weighted by Gasteiger charge is -2.18. The molecule has 1 aliphatic heterocycles. The van der Waals surface area contributed by atoms with Crippen LogP contribution >= 0.6 is 0 Å². The highest BCUT2D eigenvalue weighted by molar-refractivity contribution is 4.90. The third kappa shape index (κ3) is 2.23. The van der Waals surface area contributed by atoms with Gasteiger partial charge in [-0.2, -0.15) is 0 Å². The van der Waals surface area contributed by atoms with E-state index in [0.29, 0.717) is 0 Å². The molecule has 0 aromatic rings. The van der Waals surface area contributed by atoms with Crippen LogP contribution in [-0.4, -0.2) is 55.1 Å². The number of hydrogen-bond donors (Lipinski definition) is 2. The van der Waals surface area contributed by atoms with Crippen molar-refractivity contribution < 1.29 is 24.4 Å². The Morgan fingerprint density at radius 2 is 2.29 bits per heavy atom. The van der Waals surface area contributed by atoms with Gasteiger partial charge in [0.1, 0.15) is 24.9 Å². The van der Waals surface area contributed by atoms with Crippen molar-refractivity contribution in [3.05, 3.63) is 0 Å². The number of aliphatic hydroxyl groups excluding tert-OH is 2. The predicted octanol–water partition coefficient (Wildman–Crippen LogP) is -1.27. The van der Waals surface area contributed by atoms with E-state index >= 15 is 0 Å². The summed E-state index contributed by atoms with van der Waals surface area (Å²) in [5, 5.41) is 18.5. The molecule has 0 bridgehead atoms. The fourth-order valence-electron chi connectivity index (χ4n) is 1.36. The standard InChI is InChI=1S/C9H14O5/c1-3-4-13-8-7(11)6(5-10)14-9(8)12-2/h1,6-11H,4-5H2,2H3/t6-,7-,8-,9-/m1/s1. The van der Waals surface area contributed by atoms with E-state index in [2.05, 4.69) is 5.92 Å². The first-order valence-electron chi connectivity index (χ1n) is 4.26. The molecule has 0 unspecified atom stereocenters. The van der Waals surface area contributed by atoms with Crippen LogP contribution < -0.4 is 0 Å². The average molecular weight is 202 g/mol. The first-order chi connectivity index (χ1) is 6.74. The summed E-state index contributed by atoms with van der Waals surface area (Å²) in [6, 6.07) is 0. The highest BCUT2D eigenvalue weighted by atomic mass is 16.7. The largest absolute Gasteiger partial charge is 0.394 e. The Labute approximate surface area is 82.6 Å². The minimum absolute atomic E-state index is 0.0725. The molecule has 0 radical (unpaired) electrons. The van der Waals surface area contributed by atoms with E-state index in [-0.39, 0.29) is 13.2 Å². The minimum Gasteiger partial charge on any atom is -0.394 e. The molecule has 5 nitrogen and oxygen atoms in total. The van der Waals surface area contributed by atoms with Crippen molar-refractivity contribution in [1.29, 1.82) is 0 Å². The van der Waals surface area contributed by atoms with Gasteiger partial charge in [-0.1, -0.05) is 5.92 Å². The Morgan fingerprint density at radius 3 is 2.79 bits per heavy atom. The van der Waals surface area contributed by atoms with Gasteiger partial charge >= 0.3 is 0 Å². The normalized spacial score (nSPS) is 37.0. The van der Waals surface area contributed by atoms with E-state index in [1.54, 1.807) is 0 Å². The molecule has 2 N–H and O–H groups in total. The highest BCUT2D eigenvalue weighted by Gasteiger charge is 2.44. The van der Waals surface area contributed by atoms with Gasteiger partial charge in [-0.05, 0) is 0 Å². The average Bonchev–Trinajstić information content (AvgIpc) is 2.52. The Morgan fingerprint density at radius 1 is 1.57 bits per heavy atom. The van der Waals surface area contributed by atoms with Crippen LogP contribution in [0.15, 0.2) is 0 Å². The number of hydrogen-bond acceptors (Lipinski definition) is 5. The summed E-state index contributed by atoms with van der Waals surface area (Å²) < 4.78 is 15.3. The van der Waals surface area contributed by atoms with Crippen molar-refractivity contribution >= 4 is 0 Å². The molecule has 80 valence electrons. The molecule has 0 amide bonds. The van der Waals surface area contributed by atoms with E-state index < -0.39 is 24.6 Å². The van der Waals surface area contributed by atoms with Gasteiger partial charge in [0, 0.05) is 7.11 Å². The lowest BCUT2D eigenvalue weighted by Crippen LogP contribution is -2.37. The number of aliphatic hydroxyl groups is 2. The van der Waals surface area contributed by atoms with Crippen LogP contribution in [-0.2, 0) is 14.2 Å². The molecule has 1 rings (SSSR count). The summed E-state index contributed by atoms with van der Waals surface area (Å²) in [5.41, 5.74) is 0. The third-order valence-electron chi connectivity index (χ3n) is 2.07. The van der Waals surface area contributed by atoms with Gasteiger partial charge in [0.25, 0.3) is 0 Å². The molecule has 0 aromatic carbocycles. The van der Waals surface area contributed by atoms with Crippen molar-refractivity contribution in [2.45, 2.75) is 24.6 Å². The van der Waals surface area contributed by atoms with Crippen molar-refractivity contribution in [1.82, 2.24) is 0 Å². The van der Waals surface area contributed by atoms with Crippen molar-refractivity contribution in [3.63, 3.8) is 0 Å². The molecule has 0 spiro atoms. The molecule has 1 fully saturated rings. The SMILES string of the molecule is C#CCO[C@H]1[C@H](OC)O[C@H](CO)[C@H]1O. The second kappa shape index (κ2) is 5.29. The van der Waals surface area contributed by atoms with Gasteiger partial charge < -0.3 is 24.4 Å². The van der Waals surface area contributed by atoms with Crippen molar-refractivity contribution in [3.8, 4) is 12.3 Å². The molecular formula is C9H14O5. The summed E-state index contributed by atoms with van der Waals surface area (Å²) in [6.45, 7) is -0.208. The molecule has 1 saturated heterocycles. The summed E-state index contributed by atoms with van der Waals surface area (Å²) >= 11 is 0. The van der Waals surface area contributed by atoms with Gasteiger partial charge in [-0.15, -0.1) is 6.42 Å². The Hall–Kier alpha value is -0.640. The van der Waals surface area contributed by atoms with Crippen LogP contribution in [0.1, 0.15) is 0 Å². The second-order valence-electron chi connectivity index (χ2n) is 2.93. The van der Waals surface area contributed by atoms with E-state index in [1.165, 1.54) is 7.11 Å². The maximum atomic E-state index is 9.62. The molecule has 1 heterocycles. The molecule has 0 saturated carbocycles. The molecule has 0 aromatic heterocycles. The summed E-state index contributed by atoms with van der Waals surface area (Å²) in [6.07, 6.45) is 2.09. The van der Waals surface area contributed by atoms with Crippen LogP contribution in [0.25, 0.3) is 0 Å². The lowest BCUT2D eigenvalue weighted by molar-refractivity contribution is -0.162. The molecule has 4 atom stereocenters. The summed E-state index contributed by atoms with van der Waals surface area (Å²) in [5.74, 6) is 2.29. The van der Waals surface area contributed by atoms with Gasteiger partial charge in [-0.25, -0.2) is 0 Å². The van der Waals surface area contributed by atoms with E-state index in [9.17, 15) is 5.11 Å². The molecule has 5 heteroatoms. The summed E-state index contributed by atoms with van der Waals surface area (Å²) in [7, 11) is 1.43. The Bertz CT molecular complexity index is 210. The topological polar surface area (TPSA) is 68.2 Å². The fraction of sp³-hybridized carbons (Fsp3) is 0.778. The minimum atomic E-state index is -0.918. The maximum absolute atomic E-state index is 9.62. The van der Waals surface area contributed by atoms with E-state index in [1.807, 2.05) is 0 Å². The van der Waals surface area contributed by atoms with E-state index in [0.717, 1.165) is 0 Å². The highest BCUT2D eigenvalue weighted by Crippen LogP contribution is 2.23.